The Hall–Kier alpha value is -0.320. The van der Waals surface area contributed by atoms with Crippen LogP contribution < -0.4 is 6.15 Å². The maximum atomic E-state index is 9.69. The second-order valence-corrected chi connectivity index (χ2v) is 8.52. The molecule has 0 spiro atoms. The maximum absolute atomic E-state index is 9.69. The predicted octanol–water partition coefficient (Wildman–Crippen LogP) is 2.04. The Morgan fingerprint density at radius 1 is 0.500 bits per heavy atom. The molecule has 0 aromatic heterocycles. The van der Waals surface area contributed by atoms with Gasteiger partial charge < -0.3 is 41.2 Å². The highest BCUT2D eigenvalue weighted by atomic mass is 16.5. The summed E-state index contributed by atoms with van der Waals surface area (Å²) in [5.74, 6) is 0. The van der Waals surface area contributed by atoms with Gasteiger partial charge in [0.05, 0.1) is 63.7 Å². The van der Waals surface area contributed by atoms with Crippen molar-refractivity contribution in [3.8, 4) is 0 Å². The topological polar surface area (TPSA) is 155 Å². The molecular weight excluding hydrogens is 390 g/mol. The molecule has 184 valence electrons. The summed E-state index contributed by atoms with van der Waals surface area (Å²) in [7, 11) is 0. The number of aliphatic hydroxyl groups is 5. The Labute approximate surface area is 183 Å². The second-order valence-electron chi connectivity index (χ2n) is 8.52. The van der Waals surface area contributed by atoms with Crippen LogP contribution in [-0.2, 0) is 9.47 Å². The van der Waals surface area contributed by atoms with Crippen molar-refractivity contribution in [2.45, 2.75) is 71.1 Å². The maximum Gasteiger partial charge on any atom is 0.0632 e. The first-order valence-corrected chi connectivity index (χ1v) is 11.3. The molecule has 8 heteroatoms. The summed E-state index contributed by atoms with van der Waals surface area (Å²) in [5.41, 5.74) is -2.07. The Morgan fingerprint density at radius 2 is 0.867 bits per heavy atom. The average molecular weight is 440 g/mol. The number of unbranched alkanes of at least 4 members (excludes halogenated alkanes) is 9. The van der Waals surface area contributed by atoms with Crippen molar-refractivity contribution < 1.29 is 35.0 Å². The Kier molecular flexibility index (Phi) is 21.9. The lowest BCUT2D eigenvalue weighted by Crippen LogP contribution is -2.43. The molecule has 0 aliphatic heterocycles. The zero-order valence-corrected chi connectivity index (χ0v) is 19.2. The third-order valence-corrected chi connectivity index (χ3v) is 5.54. The van der Waals surface area contributed by atoms with Gasteiger partial charge in [0.15, 0.2) is 0 Å². The molecule has 0 aliphatic carbocycles. The molecule has 0 amide bonds. The van der Waals surface area contributed by atoms with E-state index in [-0.39, 0.29) is 39.2 Å². The van der Waals surface area contributed by atoms with Crippen LogP contribution in [0, 0.1) is 10.8 Å². The van der Waals surface area contributed by atoms with Crippen LogP contribution in [0.3, 0.4) is 0 Å². The van der Waals surface area contributed by atoms with Gasteiger partial charge in [0.25, 0.3) is 0 Å². The van der Waals surface area contributed by atoms with Gasteiger partial charge in [-0.1, -0.05) is 64.7 Å². The monoisotopic (exact) mass is 439 g/mol. The van der Waals surface area contributed by atoms with Crippen LogP contribution in [0.5, 0.6) is 0 Å². The second kappa shape index (κ2) is 20.6. The van der Waals surface area contributed by atoms with E-state index in [1.54, 1.807) is 0 Å². The Morgan fingerprint density at radius 3 is 1.30 bits per heavy atom. The Balaban J connectivity index is 0. The van der Waals surface area contributed by atoms with Gasteiger partial charge in [0, 0.05) is 6.61 Å². The van der Waals surface area contributed by atoms with Gasteiger partial charge >= 0.3 is 0 Å². The summed E-state index contributed by atoms with van der Waals surface area (Å²) >= 11 is 0. The highest BCUT2D eigenvalue weighted by molar-refractivity contribution is 4.80. The van der Waals surface area contributed by atoms with Crippen LogP contribution in [0.1, 0.15) is 71.1 Å². The molecule has 0 atom stereocenters. The minimum atomic E-state index is -1.13. The van der Waals surface area contributed by atoms with E-state index in [2.05, 4.69) is 6.92 Å². The van der Waals surface area contributed by atoms with E-state index in [0.717, 1.165) is 12.8 Å². The highest BCUT2D eigenvalue weighted by Crippen LogP contribution is 2.21. The summed E-state index contributed by atoms with van der Waals surface area (Å²) < 4.78 is 11.2. The first kappa shape index (κ1) is 31.9. The molecule has 0 fully saturated rings. The lowest BCUT2D eigenvalue weighted by atomic mass is 9.90. The van der Waals surface area contributed by atoms with E-state index in [1.165, 1.54) is 51.4 Å². The largest absolute Gasteiger partial charge is 0.396 e. The fourth-order valence-electron chi connectivity index (χ4n) is 3.03. The molecule has 30 heavy (non-hydrogen) atoms. The average Bonchev–Trinajstić information content (AvgIpc) is 2.76. The van der Waals surface area contributed by atoms with E-state index in [4.69, 9.17) is 9.47 Å². The highest BCUT2D eigenvalue weighted by Gasteiger charge is 2.33. The van der Waals surface area contributed by atoms with Crippen molar-refractivity contribution >= 4 is 0 Å². The van der Waals surface area contributed by atoms with Gasteiger partial charge in [-0.3, -0.25) is 0 Å². The lowest BCUT2D eigenvalue weighted by Gasteiger charge is -2.32. The van der Waals surface area contributed by atoms with Gasteiger partial charge in [-0.2, -0.15) is 0 Å². The van der Waals surface area contributed by atoms with Crippen molar-refractivity contribution in [1.29, 1.82) is 0 Å². The quantitative estimate of drug-likeness (QED) is 0.140. The van der Waals surface area contributed by atoms with Crippen molar-refractivity contribution in [1.82, 2.24) is 6.15 Å². The fraction of sp³-hybridized carbons (Fsp3) is 1.00. The molecule has 0 saturated carbocycles. The normalized spacial score (nSPS) is 12.2. The molecular formula is C22H49NO7. The SMILES string of the molecule is CCCCCCCCCCCCOCC(CO)(CO)COCC(CO)(CO)CO.N. The number of hydrogen-bond donors (Lipinski definition) is 6. The number of hydrogen-bond acceptors (Lipinski definition) is 8. The Bertz CT molecular complexity index is 342. The molecule has 8 nitrogen and oxygen atoms in total. The number of rotatable bonds is 22. The fourth-order valence-corrected chi connectivity index (χ4v) is 3.03. The van der Waals surface area contributed by atoms with E-state index < -0.39 is 30.7 Å². The molecule has 0 bridgehead atoms. The van der Waals surface area contributed by atoms with E-state index >= 15 is 0 Å². The van der Waals surface area contributed by atoms with Gasteiger partial charge in [0.1, 0.15) is 0 Å². The molecule has 0 rings (SSSR count). The molecule has 0 aromatic rings. The smallest absolute Gasteiger partial charge is 0.0632 e. The molecule has 0 unspecified atom stereocenters. The zero-order chi connectivity index (χ0) is 21.8. The van der Waals surface area contributed by atoms with Crippen LogP contribution >= 0.6 is 0 Å². The van der Waals surface area contributed by atoms with Crippen molar-refractivity contribution in [2.24, 2.45) is 10.8 Å². The van der Waals surface area contributed by atoms with Crippen LogP contribution in [0.25, 0.3) is 0 Å². The summed E-state index contributed by atoms with van der Waals surface area (Å²) in [5, 5.41) is 47.3. The van der Waals surface area contributed by atoms with E-state index in [0.29, 0.717) is 6.61 Å². The van der Waals surface area contributed by atoms with Gasteiger partial charge in [-0.15, -0.1) is 0 Å². The van der Waals surface area contributed by atoms with Crippen LogP contribution in [0.4, 0.5) is 0 Å². The minimum Gasteiger partial charge on any atom is -0.396 e. The van der Waals surface area contributed by atoms with E-state index in [1.807, 2.05) is 0 Å². The van der Waals surface area contributed by atoms with Crippen LogP contribution in [-0.4, -0.2) is 85.0 Å². The first-order valence-electron chi connectivity index (χ1n) is 11.3. The molecule has 0 radical (unpaired) electrons. The lowest BCUT2D eigenvalue weighted by molar-refractivity contribution is -0.111. The van der Waals surface area contributed by atoms with Crippen molar-refractivity contribution in [3.63, 3.8) is 0 Å². The molecule has 0 heterocycles. The number of ether oxygens (including phenoxy) is 2. The third-order valence-electron chi connectivity index (χ3n) is 5.54. The van der Waals surface area contributed by atoms with Crippen LogP contribution in [0.15, 0.2) is 0 Å². The molecule has 0 saturated heterocycles. The van der Waals surface area contributed by atoms with Crippen LogP contribution in [0.2, 0.25) is 0 Å². The molecule has 8 N–H and O–H groups in total. The van der Waals surface area contributed by atoms with Gasteiger partial charge in [-0.05, 0) is 6.42 Å². The van der Waals surface area contributed by atoms with Crippen molar-refractivity contribution in [3.05, 3.63) is 0 Å². The zero-order valence-electron chi connectivity index (χ0n) is 19.2. The summed E-state index contributed by atoms with van der Waals surface area (Å²) in [6.07, 6.45) is 12.5. The summed E-state index contributed by atoms with van der Waals surface area (Å²) in [6.45, 7) is 1.07. The van der Waals surface area contributed by atoms with Gasteiger partial charge in [0.2, 0.25) is 0 Å². The number of aliphatic hydroxyl groups excluding tert-OH is 5. The standard InChI is InChI=1S/C22H46O7.H3N/c1-2-3-4-5-6-7-8-9-10-11-12-28-19-22(16-26,17-27)20-29-18-21(13-23,14-24)15-25;/h23-27H,2-20H2,1H3;1H3. The third kappa shape index (κ3) is 13.9. The molecule has 0 aromatic carbocycles. The van der Waals surface area contributed by atoms with Gasteiger partial charge in [-0.25, -0.2) is 0 Å². The molecule has 0 aliphatic rings. The van der Waals surface area contributed by atoms with E-state index in [9.17, 15) is 25.5 Å². The summed E-state index contributed by atoms with van der Waals surface area (Å²) in [4.78, 5) is 0. The predicted molar refractivity (Wildman–Crippen MR) is 119 cm³/mol. The minimum absolute atomic E-state index is 0. The first-order chi connectivity index (χ1) is 14.1. The van der Waals surface area contributed by atoms with Crippen molar-refractivity contribution in [2.75, 3.05) is 59.5 Å². The summed E-state index contributed by atoms with van der Waals surface area (Å²) in [6, 6.07) is 0.